The van der Waals surface area contributed by atoms with Crippen molar-refractivity contribution in [1.29, 1.82) is 0 Å². The Labute approximate surface area is 191 Å². The molecule has 0 atom stereocenters. The number of amides is 1. The first-order valence-electron chi connectivity index (χ1n) is 13.1. The van der Waals surface area contributed by atoms with Crippen molar-refractivity contribution >= 4 is 12.1 Å². The first-order chi connectivity index (χ1) is 15.0. The van der Waals surface area contributed by atoms with Crippen LogP contribution in [-0.4, -0.2) is 30.8 Å². The second-order valence-electron chi connectivity index (χ2n) is 9.79. The molecule has 0 unspecified atom stereocenters. The minimum absolute atomic E-state index is 0.271. The largest absolute Gasteiger partial charge is 0.464 e. The monoisotopic (exact) mass is 439 g/mol. The van der Waals surface area contributed by atoms with Gasteiger partial charge < -0.3 is 14.8 Å². The predicted octanol–water partition coefficient (Wildman–Crippen LogP) is 7.32. The topological polar surface area (TPSA) is 64.6 Å². The SMILES string of the molecule is CCCCCCCCCCCCCCCOC(=O)C1(NC(=O)OCC(C)C)CCCC1. The Morgan fingerprint density at radius 2 is 1.26 bits per heavy atom. The van der Waals surface area contributed by atoms with Crippen molar-refractivity contribution in [2.75, 3.05) is 13.2 Å². The molecule has 0 spiro atoms. The summed E-state index contributed by atoms with van der Waals surface area (Å²) in [4.78, 5) is 24.7. The van der Waals surface area contributed by atoms with E-state index in [1.807, 2.05) is 13.8 Å². The highest BCUT2D eigenvalue weighted by atomic mass is 16.6. The second kappa shape index (κ2) is 17.3. The highest BCUT2D eigenvalue weighted by Crippen LogP contribution is 2.31. The van der Waals surface area contributed by atoms with Gasteiger partial charge in [0.05, 0.1) is 13.2 Å². The second-order valence-corrected chi connectivity index (χ2v) is 9.79. The maximum Gasteiger partial charge on any atom is 0.408 e. The van der Waals surface area contributed by atoms with Crippen LogP contribution in [0, 0.1) is 5.92 Å². The fraction of sp³-hybridized carbons (Fsp3) is 0.923. The van der Waals surface area contributed by atoms with Crippen LogP contribution in [0.1, 0.15) is 130 Å². The van der Waals surface area contributed by atoms with E-state index < -0.39 is 11.6 Å². The molecule has 5 heteroatoms. The summed E-state index contributed by atoms with van der Waals surface area (Å²) < 4.78 is 10.8. The van der Waals surface area contributed by atoms with E-state index in [-0.39, 0.29) is 11.9 Å². The Kier molecular flexibility index (Phi) is 15.5. The molecule has 1 rings (SSSR count). The van der Waals surface area contributed by atoms with Gasteiger partial charge in [0, 0.05) is 0 Å². The summed E-state index contributed by atoms with van der Waals surface area (Å²) in [5, 5.41) is 2.81. The zero-order valence-electron chi connectivity index (χ0n) is 20.6. The maximum absolute atomic E-state index is 12.7. The number of carbonyl (C=O) groups excluding carboxylic acids is 2. The van der Waals surface area contributed by atoms with Crippen LogP contribution in [0.2, 0.25) is 0 Å². The lowest BCUT2D eigenvalue weighted by Gasteiger charge is -2.27. The summed E-state index contributed by atoms with van der Waals surface area (Å²) in [6, 6.07) is 0. The number of ether oxygens (including phenoxy) is 2. The Hall–Kier alpha value is -1.26. The highest BCUT2D eigenvalue weighted by molar-refractivity contribution is 5.86. The lowest BCUT2D eigenvalue weighted by atomic mass is 9.98. The average Bonchev–Trinajstić information content (AvgIpc) is 3.22. The van der Waals surface area contributed by atoms with Crippen molar-refractivity contribution in [2.45, 2.75) is 135 Å². The Balaban J connectivity index is 2.06. The van der Waals surface area contributed by atoms with Crippen molar-refractivity contribution in [3.05, 3.63) is 0 Å². The number of hydrogen-bond donors (Lipinski definition) is 1. The van der Waals surface area contributed by atoms with Crippen molar-refractivity contribution in [3.8, 4) is 0 Å². The number of nitrogens with one attached hydrogen (secondary N) is 1. The van der Waals surface area contributed by atoms with Gasteiger partial charge in [-0.2, -0.15) is 0 Å². The van der Waals surface area contributed by atoms with Crippen LogP contribution >= 0.6 is 0 Å². The third-order valence-corrected chi connectivity index (χ3v) is 6.22. The van der Waals surface area contributed by atoms with E-state index in [0.29, 0.717) is 26.1 Å². The summed E-state index contributed by atoms with van der Waals surface area (Å²) in [5.74, 6) is -0.0155. The molecular weight excluding hydrogens is 390 g/mol. The Morgan fingerprint density at radius 1 is 0.774 bits per heavy atom. The smallest absolute Gasteiger partial charge is 0.408 e. The van der Waals surface area contributed by atoms with Crippen LogP contribution in [0.3, 0.4) is 0 Å². The molecule has 0 aromatic rings. The van der Waals surface area contributed by atoms with E-state index in [4.69, 9.17) is 9.47 Å². The molecule has 1 saturated carbocycles. The van der Waals surface area contributed by atoms with Crippen LogP contribution in [0.5, 0.6) is 0 Å². The van der Waals surface area contributed by atoms with E-state index in [0.717, 1.165) is 25.7 Å². The van der Waals surface area contributed by atoms with Crippen LogP contribution in [0.15, 0.2) is 0 Å². The van der Waals surface area contributed by atoms with Crippen LogP contribution in [0.25, 0.3) is 0 Å². The molecular formula is C26H49NO4. The predicted molar refractivity (Wildman–Crippen MR) is 127 cm³/mol. The molecule has 0 heterocycles. The fourth-order valence-electron chi connectivity index (χ4n) is 4.26. The van der Waals surface area contributed by atoms with E-state index >= 15 is 0 Å². The molecule has 1 amide bonds. The fourth-order valence-corrected chi connectivity index (χ4v) is 4.26. The number of alkyl carbamates (subject to hydrolysis) is 1. The van der Waals surface area contributed by atoms with Gasteiger partial charge in [0.2, 0.25) is 0 Å². The molecule has 0 aliphatic heterocycles. The van der Waals surface area contributed by atoms with Crippen LogP contribution < -0.4 is 5.32 Å². The zero-order chi connectivity index (χ0) is 22.8. The third kappa shape index (κ3) is 13.0. The van der Waals surface area contributed by atoms with Gasteiger partial charge in [0.1, 0.15) is 5.54 Å². The molecule has 1 fully saturated rings. The van der Waals surface area contributed by atoms with Crippen molar-refractivity contribution in [3.63, 3.8) is 0 Å². The van der Waals surface area contributed by atoms with E-state index in [1.165, 1.54) is 70.6 Å². The molecule has 0 bridgehead atoms. The van der Waals surface area contributed by atoms with Crippen LogP contribution in [0.4, 0.5) is 4.79 Å². The molecule has 0 saturated heterocycles. The summed E-state index contributed by atoms with van der Waals surface area (Å²) in [5.41, 5.74) is -0.884. The van der Waals surface area contributed by atoms with Gasteiger partial charge in [-0.15, -0.1) is 0 Å². The normalized spacial score (nSPS) is 15.2. The summed E-state index contributed by atoms with van der Waals surface area (Å²) in [7, 11) is 0. The average molecular weight is 440 g/mol. The molecule has 0 aromatic carbocycles. The van der Waals surface area contributed by atoms with Gasteiger partial charge in [-0.25, -0.2) is 9.59 Å². The first-order valence-corrected chi connectivity index (χ1v) is 13.1. The van der Waals surface area contributed by atoms with Crippen LogP contribution in [-0.2, 0) is 14.3 Å². The minimum atomic E-state index is -0.884. The summed E-state index contributed by atoms with van der Waals surface area (Å²) >= 11 is 0. The van der Waals surface area contributed by atoms with Gasteiger partial charge >= 0.3 is 12.1 Å². The molecule has 5 nitrogen and oxygen atoms in total. The van der Waals surface area contributed by atoms with E-state index in [9.17, 15) is 9.59 Å². The van der Waals surface area contributed by atoms with Gasteiger partial charge in [0.25, 0.3) is 0 Å². The molecule has 1 N–H and O–H groups in total. The van der Waals surface area contributed by atoms with Gasteiger partial charge in [-0.3, -0.25) is 0 Å². The molecule has 0 radical (unpaired) electrons. The first kappa shape index (κ1) is 27.8. The van der Waals surface area contributed by atoms with Gasteiger partial charge in [0.15, 0.2) is 0 Å². The summed E-state index contributed by atoms with van der Waals surface area (Å²) in [6.45, 7) is 7.04. The van der Waals surface area contributed by atoms with E-state index in [1.54, 1.807) is 0 Å². The Bertz CT molecular complexity index is 472. The molecule has 0 aromatic heterocycles. The molecule has 1 aliphatic rings. The maximum atomic E-state index is 12.7. The number of esters is 1. The quantitative estimate of drug-likeness (QED) is 0.179. The lowest BCUT2D eigenvalue weighted by molar-refractivity contribution is -0.151. The number of rotatable bonds is 18. The standard InChI is InChI=1S/C26H49NO4/c1-4-5-6-7-8-9-10-11-12-13-14-15-18-21-30-24(28)26(19-16-17-20-26)27-25(29)31-22-23(2)3/h23H,4-22H2,1-3H3,(H,27,29). The number of unbranched alkanes of at least 4 members (excludes halogenated alkanes) is 12. The third-order valence-electron chi connectivity index (χ3n) is 6.22. The minimum Gasteiger partial charge on any atom is -0.464 e. The zero-order valence-corrected chi connectivity index (χ0v) is 20.6. The number of carbonyl (C=O) groups is 2. The van der Waals surface area contributed by atoms with Crippen molar-refractivity contribution < 1.29 is 19.1 Å². The lowest BCUT2D eigenvalue weighted by Crippen LogP contribution is -2.53. The van der Waals surface area contributed by atoms with Gasteiger partial charge in [-0.1, -0.05) is 111 Å². The molecule has 31 heavy (non-hydrogen) atoms. The van der Waals surface area contributed by atoms with Gasteiger partial charge in [-0.05, 0) is 25.2 Å². The highest BCUT2D eigenvalue weighted by Gasteiger charge is 2.44. The molecule has 1 aliphatic carbocycles. The Morgan fingerprint density at radius 3 is 1.74 bits per heavy atom. The summed E-state index contributed by atoms with van der Waals surface area (Å²) in [6.07, 6.45) is 19.5. The van der Waals surface area contributed by atoms with Crippen molar-refractivity contribution in [2.24, 2.45) is 5.92 Å². The van der Waals surface area contributed by atoms with Crippen molar-refractivity contribution in [1.82, 2.24) is 5.32 Å². The number of hydrogen-bond acceptors (Lipinski definition) is 4. The van der Waals surface area contributed by atoms with E-state index in [2.05, 4.69) is 12.2 Å². The molecule has 182 valence electrons.